The third-order valence-electron chi connectivity index (χ3n) is 5.41. The first-order valence-corrected chi connectivity index (χ1v) is 8.85. The molecular weight excluding hydrogens is 346 g/mol. The number of fused-ring (bicyclic) bond motifs is 1. The summed E-state index contributed by atoms with van der Waals surface area (Å²) in [5.41, 5.74) is 4.29. The molecule has 2 N–H and O–H groups in total. The van der Waals surface area contributed by atoms with E-state index in [9.17, 15) is 4.79 Å². The summed E-state index contributed by atoms with van der Waals surface area (Å²) in [5, 5.41) is 9.82. The number of aromatic nitrogens is 2. The average Bonchev–Trinajstić information content (AvgIpc) is 3.05. The van der Waals surface area contributed by atoms with Crippen molar-refractivity contribution in [3.63, 3.8) is 0 Å². The van der Waals surface area contributed by atoms with Crippen LogP contribution in [0.25, 0.3) is 11.0 Å². The highest BCUT2D eigenvalue weighted by Crippen LogP contribution is 2.41. The molecule has 2 saturated heterocycles. The van der Waals surface area contributed by atoms with E-state index in [-0.39, 0.29) is 5.56 Å². The van der Waals surface area contributed by atoms with Crippen LogP contribution in [0.5, 0.6) is 0 Å². The summed E-state index contributed by atoms with van der Waals surface area (Å²) in [6, 6.07) is 8.13. The van der Waals surface area contributed by atoms with Gasteiger partial charge in [-0.15, -0.1) is 0 Å². The molecule has 1 aromatic carbocycles. The van der Waals surface area contributed by atoms with Gasteiger partial charge in [0, 0.05) is 61.5 Å². The van der Waals surface area contributed by atoms with Crippen LogP contribution in [-0.4, -0.2) is 52.2 Å². The van der Waals surface area contributed by atoms with Crippen LogP contribution in [0.3, 0.4) is 0 Å². The van der Waals surface area contributed by atoms with Crippen LogP contribution in [0.1, 0.15) is 15.9 Å². The second-order valence-electron chi connectivity index (χ2n) is 7.47. The Bertz CT molecular complexity index is 986. The first kappa shape index (κ1) is 16.2. The van der Waals surface area contributed by atoms with Gasteiger partial charge >= 0.3 is 0 Å². The molecule has 3 aromatic rings. The molecule has 2 aliphatic rings. The summed E-state index contributed by atoms with van der Waals surface area (Å²) in [6.07, 6.45) is 4.71. The predicted octanol–water partition coefficient (Wildman–Crippen LogP) is 1.66. The monoisotopic (exact) mass is 365 g/mol. The van der Waals surface area contributed by atoms with Crippen LogP contribution in [0.4, 0.5) is 5.95 Å². The number of amides is 1. The third-order valence-corrected chi connectivity index (χ3v) is 5.41. The molecule has 2 aromatic heterocycles. The normalized spacial score (nSPS) is 18.3. The number of likely N-dealkylation sites (tertiary alicyclic amines) is 1. The summed E-state index contributed by atoms with van der Waals surface area (Å²) >= 11 is 0. The van der Waals surface area contributed by atoms with Crippen molar-refractivity contribution in [2.75, 3.05) is 31.1 Å². The lowest BCUT2D eigenvalue weighted by Gasteiger charge is -2.60. The minimum atomic E-state index is -0.608. The van der Waals surface area contributed by atoms with E-state index in [1.807, 2.05) is 24.5 Å². The molecular formula is C19H19N5O3. The van der Waals surface area contributed by atoms with E-state index in [4.69, 9.17) is 9.62 Å². The number of furan rings is 1. The fourth-order valence-corrected chi connectivity index (χ4v) is 4.18. The summed E-state index contributed by atoms with van der Waals surface area (Å²) in [5.74, 6) is 0.0115. The molecule has 8 nitrogen and oxygen atoms in total. The van der Waals surface area contributed by atoms with Gasteiger partial charge in [0.25, 0.3) is 5.91 Å². The summed E-state index contributed by atoms with van der Waals surface area (Å²) < 4.78 is 5.62. The molecule has 2 aliphatic heterocycles. The van der Waals surface area contributed by atoms with Crippen LogP contribution >= 0.6 is 0 Å². The highest BCUT2D eigenvalue weighted by Gasteiger charge is 2.52. The number of anilines is 1. The molecule has 1 amide bonds. The minimum absolute atomic E-state index is 0.235. The van der Waals surface area contributed by atoms with Crippen LogP contribution in [0.2, 0.25) is 0 Å². The van der Waals surface area contributed by atoms with Gasteiger partial charge < -0.3 is 9.32 Å². The molecule has 0 radical (unpaired) electrons. The topological polar surface area (TPSA) is 94.7 Å². The molecule has 5 rings (SSSR count). The number of nitrogens with one attached hydrogen (secondary N) is 1. The molecule has 27 heavy (non-hydrogen) atoms. The zero-order valence-corrected chi connectivity index (χ0v) is 14.6. The van der Waals surface area contributed by atoms with Crippen molar-refractivity contribution >= 4 is 22.8 Å². The van der Waals surface area contributed by atoms with Gasteiger partial charge in [-0.2, -0.15) is 0 Å². The van der Waals surface area contributed by atoms with Crippen molar-refractivity contribution in [1.82, 2.24) is 20.3 Å². The van der Waals surface area contributed by atoms with Gasteiger partial charge in [0.15, 0.2) is 0 Å². The maximum atomic E-state index is 11.3. The van der Waals surface area contributed by atoms with Crippen molar-refractivity contribution in [1.29, 1.82) is 0 Å². The molecule has 138 valence electrons. The average molecular weight is 365 g/mol. The first-order valence-electron chi connectivity index (χ1n) is 8.85. The number of benzene rings is 1. The number of nitrogens with zero attached hydrogens (tertiary/aromatic N) is 4. The Morgan fingerprint density at radius 3 is 2.67 bits per heavy atom. The van der Waals surface area contributed by atoms with Gasteiger partial charge in [-0.05, 0) is 6.07 Å². The first-order chi connectivity index (χ1) is 13.2. The van der Waals surface area contributed by atoms with Gasteiger partial charge in [0.1, 0.15) is 5.58 Å². The van der Waals surface area contributed by atoms with E-state index in [0.29, 0.717) is 11.4 Å². The fraction of sp³-hybridized carbons (Fsp3) is 0.316. The number of hydrogen-bond acceptors (Lipinski definition) is 7. The Kier molecular flexibility index (Phi) is 3.63. The van der Waals surface area contributed by atoms with Gasteiger partial charge in [-0.25, -0.2) is 15.4 Å². The van der Waals surface area contributed by atoms with E-state index in [0.717, 1.165) is 38.3 Å². The molecule has 4 heterocycles. The third kappa shape index (κ3) is 2.73. The second kappa shape index (κ2) is 6.04. The Labute approximate surface area is 155 Å². The molecule has 0 unspecified atom stereocenters. The van der Waals surface area contributed by atoms with Crippen molar-refractivity contribution in [3.8, 4) is 0 Å². The maximum absolute atomic E-state index is 11.3. The predicted molar refractivity (Wildman–Crippen MR) is 97.4 cm³/mol. The Morgan fingerprint density at radius 2 is 1.93 bits per heavy atom. The van der Waals surface area contributed by atoms with Crippen LogP contribution in [0, 0.1) is 5.41 Å². The van der Waals surface area contributed by atoms with Crippen molar-refractivity contribution in [2.45, 2.75) is 6.54 Å². The lowest BCUT2D eigenvalue weighted by atomic mass is 9.73. The number of para-hydroxylation sites is 1. The van der Waals surface area contributed by atoms with Crippen molar-refractivity contribution in [3.05, 3.63) is 54.0 Å². The number of carbonyl (C=O) groups is 1. The maximum Gasteiger partial charge on any atom is 0.277 e. The quantitative estimate of drug-likeness (QED) is 0.536. The second-order valence-corrected chi connectivity index (χ2v) is 7.47. The molecule has 1 spiro atoms. The zero-order valence-electron chi connectivity index (χ0n) is 14.6. The molecule has 0 atom stereocenters. The van der Waals surface area contributed by atoms with Crippen LogP contribution in [0.15, 0.2) is 47.3 Å². The van der Waals surface area contributed by atoms with Crippen LogP contribution < -0.4 is 10.4 Å². The van der Waals surface area contributed by atoms with Crippen LogP contribution in [-0.2, 0) is 6.54 Å². The Balaban J connectivity index is 1.17. The SMILES string of the molecule is O=C(NO)c1cnc(N2CC3(CN(Cc4coc5ccccc45)C3)C2)nc1. The minimum Gasteiger partial charge on any atom is -0.464 e. The molecule has 8 heteroatoms. The number of rotatable bonds is 4. The van der Waals surface area contributed by atoms with Crippen molar-refractivity contribution in [2.24, 2.45) is 5.41 Å². The summed E-state index contributed by atoms with van der Waals surface area (Å²) in [4.78, 5) is 24.3. The van der Waals surface area contributed by atoms with E-state index in [1.54, 1.807) is 5.48 Å². The highest BCUT2D eigenvalue weighted by atomic mass is 16.5. The number of hydrogen-bond donors (Lipinski definition) is 2. The van der Waals surface area contributed by atoms with E-state index >= 15 is 0 Å². The smallest absolute Gasteiger partial charge is 0.277 e. The largest absolute Gasteiger partial charge is 0.464 e. The standard InChI is InChI=1S/C19H19N5O3/c25-17(22-26)13-5-20-18(21-6-13)24-11-19(12-24)9-23(10-19)7-14-8-27-16-4-2-1-3-15(14)16/h1-6,8,26H,7,9-12H2,(H,22,25). The number of hydroxylamine groups is 1. The van der Waals surface area contributed by atoms with E-state index in [2.05, 4.69) is 25.8 Å². The van der Waals surface area contributed by atoms with Gasteiger partial charge in [0.05, 0.1) is 11.8 Å². The fourth-order valence-electron chi connectivity index (χ4n) is 4.18. The molecule has 2 fully saturated rings. The summed E-state index contributed by atoms with van der Waals surface area (Å²) in [7, 11) is 0. The number of carbonyl (C=O) groups excluding carboxylic acids is 1. The summed E-state index contributed by atoms with van der Waals surface area (Å²) in [6.45, 7) is 4.84. The highest BCUT2D eigenvalue weighted by molar-refractivity contribution is 5.92. The molecule has 0 saturated carbocycles. The van der Waals surface area contributed by atoms with Gasteiger partial charge in [-0.1, -0.05) is 18.2 Å². The lowest BCUT2D eigenvalue weighted by Crippen LogP contribution is -2.72. The van der Waals surface area contributed by atoms with E-state index < -0.39 is 5.91 Å². The van der Waals surface area contributed by atoms with Gasteiger partial charge in [-0.3, -0.25) is 14.9 Å². The van der Waals surface area contributed by atoms with E-state index in [1.165, 1.54) is 23.3 Å². The molecule has 0 aliphatic carbocycles. The van der Waals surface area contributed by atoms with Crippen molar-refractivity contribution < 1.29 is 14.4 Å². The Morgan fingerprint density at radius 1 is 1.19 bits per heavy atom. The van der Waals surface area contributed by atoms with Gasteiger partial charge in [0.2, 0.25) is 5.95 Å². The molecule has 0 bridgehead atoms. The lowest BCUT2D eigenvalue weighted by molar-refractivity contribution is -0.0279. The Hall–Kier alpha value is -2.97. The zero-order chi connectivity index (χ0) is 18.4.